The smallest absolute Gasteiger partial charge is 0.119 e. The Bertz CT molecular complexity index is 2950. The highest BCUT2D eigenvalue weighted by Crippen LogP contribution is 2.39. The van der Waals surface area contributed by atoms with Crippen LogP contribution in [0.1, 0.15) is 0 Å². The van der Waals surface area contributed by atoms with Gasteiger partial charge in [0.25, 0.3) is 0 Å². The second kappa shape index (κ2) is 18.5. The molecule has 0 radical (unpaired) electrons. The molecule has 4 aliphatic rings. The zero-order valence-corrected chi connectivity index (χ0v) is 38.6. The molecule has 9 aromatic rings. The Labute approximate surface area is 406 Å². The first-order valence-electron chi connectivity index (χ1n) is 24.2. The van der Waals surface area contributed by atoms with E-state index in [-0.39, 0.29) is 24.4 Å². The minimum Gasteiger partial charge on any atom is -0.491 e. The summed E-state index contributed by atoms with van der Waals surface area (Å²) < 4.78 is 45.3. The van der Waals surface area contributed by atoms with Gasteiger partial charge in [0.05, 0.1) is 26.4 Å². The summed E-state index contributed by atoms with van der Waals surface area (Å²) in [6, 6.07) is 65.4. The molecule has 4 fully saturated rings. The SMILES string of the molecule is c1cc(-c2cc(-c3ccc(OCC4CO4)cc3)cc(-c3ccc4c(ccc5cc(-c6cc(-c7ccc(OCC8CO8)cc7)cc(-c7ccc(OCC8CO8)cc7)c6)ccc54)c3)c2)ccc1OCC1CO1. The molecule has 0 bridgehead atoms. The number of hydrogen-bond donors (Lipinski definition) is 0. The molecular weight excluding hydrogens is 873 g/mol. The highest BCUT2D eigenvalue weighted by atomic mass is 16.6. The quantitative estimate of drug-likeness (QED) is 0.0621. The van der Waals surface area contributed by atoms with Crippen molar-refractivity contribution in [1.29, 1.82) is 0 Å². The van der Waals surface area contributed by atoms with Crippen LogP contribution in [0.4, 0.5) is 0 Å². The van der Waals surface area contributed by atoms with Gasteiger partial charge in [-0.1, -0.05) is 84.9 Å². The van der Waals surface area contributed by atoms with Crippen molar-refractivity contribution in [3.8, 4) is 89.8 Å². The van der Waals surface area contributed by atoms with Crippen molar-refractivity contribution in [2.45, 2.75) is 24.4 Å². The molecule has 4 unspecified atom stereocenters. The van der Waals surface area contributed by atoms with Crippen molar-refractivity contribution in [2.24, 2.45) is 0 Å². The zero-order valence-electron chi connectivity index (χ0n) is 38.6. The van der Waals surface area contributed by atoms with Gasteiger partial charge in [0, 0.05) is 0 Å². The number of ether oxygens (including phenoxy) is 8. The largest absolute Gasteiger partial charge is 0.491 e. The topological polar surface area (TPSA) is 87.0 Å². The number of fused-ring (bicyclic) bond motifs is 3. The highest BCUT2D eigenvalue weighted by Gasteiger charge is 2.25. The summed E-state index contributed by atoms with van der Waals surface area (Å²) >= 11 is 0. The fraction of sp³-hybridized carbons (Fsp3) is 0.194. The number of epoxide rings is 4. The summed E-state index contributed by atoms with van der Waals surface area (Å²) in [5.41, 5.74) is 13.6. The van der Waals surface area contributed by atoms with Crippen LogP contribution >= 0.6 is 0 Å². The van der Waals surface area contributed by atoms with E-state index in [4.69, 9.17) is 37.9 Å². The second-order valence-electron chi connectivity index (χ2n) is 18.7. The molecule has 0 spiro atoms. The van der Waals surface area contributed by atoms with E-state index < -0.39 is 0 Å². The number of benzene rings is 9. The van der Waals surface area contributed by atoms with E-state index in [1.807, 2.05) is 48.5 Å². The lowest BCUT2D eigenvalue weighted by Gasteiger charge is -2.14. The van der Waals surface area contributed by atoms with Crippen LogP contribution in [0.15, 0.2) is 182 Å². The van der Waals surface area contributed by atoms with E-state index in [0.29, 0.717) is 26.4 Å². The maximum atomic E-state index is 5.97. The molecule has 0 amide bonds. The van der Waals surface area contributed by atoms with Crippen LogP contribution in [0, 0.1) is 0 Å². The van der Waals surface area contributed by atoms with Gasteiger partial charge >= 0.3 is 0 Å². The summed E-state index contributed by atoms with van der Waals surface area (Å²) in [7, 11) is 0. The minimum absolute atomic E-state index is 0.208. The van der Waals surface area contributed by atoms with Crippen LogP contribution in [-0.2, 0) is 18.9 Å². The van der Waals surface area contributed by atoms with Crippen molar-refractivity contribution >= 4 is 21.5 Å². The first-order chi connectivity index (χ1) is 34.5. The Kier molecular flexibility index (Phi) is 11.2. The van der Waals surface area contributed by atoms with Gasteiger partial charge in [-0.3, -0.25) is 0 Å². The van der Waals surface area contributed by atoms with E-state index >= 15 is 0 Å². The maximum Gasteiger partial charge on any atom is 0.119 e. The van der Waals surface area contributed by atoms with Gasteiger partial charge in [-0.2, -0.15) is 0 Å². The zero-order chi connectivity index (χ0) is 46.4. The van der Waals surface area contributed by atoms with E-state index in [9.17, 15) is 0 Å². The third kappa shape index (κ3) is 9.86. The molecule has 4 atom stereocenters. The van der Waals surface area contributed by atoms with Crippen molar-refractivity contribution < 1.29 is 37.9 Å². The summed E-state index contributed by atoms with van der Waals surface area (Å²) in [5.74, 6) is 3.37. The molecule has 4 aliphatic heterocycles. The van der Waals surface area contributed by atoms with Gasteiger partial charge in [-0.25, -0.2) is 0 Å². The molecule has 8 heteroatoms. The van der Waals surface area contributed by atoms with Crippen LogP contribution in [0.5, 0.6) is 23.0 Å². The molecule has 0 N–H and O–H groups in total. The van der Waals surface area contributed by atoms with Crippen LogP contribution < -0.4 is 18.9 Å². The summed E-state index contributed by atoms with van der Waals surface area (Å²) in [4.78, 5) is 0. The van der Waals surface area contributed by atoms with Crippen LogP contribution in [0.3, 0.4) is 0 Å². The third-order valence-corrected chi connectivity index (χ3v) is 13.5. The van der Waals surface area contributed by atoms with Crippen LogP contribution in [0.2, 0.25) is 0 Å². The Morgan fingerprint density at radius 1 is 0.257 bits per heavy atom. The third-order valence-electron chi connectivity index (χ3n) is 13.5. The van der Waals surface area contributed by atoms with Gasteiger partial charge < -0.3 is 37.9 Å². The average Bonchev–Trinajstić information content (AvgIpc) is 4.19. The minimum atomic E-state index is 0.208. The van der Waals surface area contributed by atoms with Gasteiger partial charge in [-0.05, 0) is 185 Å². The lowest BCUT2D eigenvalue weighted by molar-refractivity contribution is 0.263. The van der Waals surface area contributed by atoms with Gasteiger partial charge in [0.2, 0.25) is 0 Å². The summed E-state index contributed by atoms with van der Waals surface area (Å²) in [6.07, 6.45) is 0.832. The molecule has 9 aromatic carbocycles. The lowest BCUT2D eigenvalue weighted by atomic mass is 9.90. The van der Waals surface area contributed by atoms with Gasteiger partial charge in [0.15, 0.2) is 0 Å². The van der Waals surface area contributed by atoms with E-state index in [1.165, 1.54) is 21.5 Å². The second-order valence-corrected chi connectivity index (χ2v) is 18.7. The fourth-order valence-electron chi connectivity index (χ4n) is 9.07. The molecule has 346 valence electrons. The predicted molar refractivity (Wildman–Crippen MR) is 275 cm³/mol. The Morgan fingerprint density at radius 3 is 0.729 bits per heavy atom. The summed E-state index contributed by atoms with van der Waals surface area (Å²) in [5, 5.41) is 4.80. The van der Waals surface area contributed by atoms with Gasteiger partial charge in [-0.15, -0.1) is 0 Å². The molecule has 13 rings (SSSR count). The van der Waals surface area contributed by atoms with Crippen molar-refractivity contribution in [2.75, 3.05) is 52.9 Å². The van der Waals surface area contributed by atoms with Crippen molar-refractivity contribution in [3.63, 3.8) is 0 Å². The Morgan fingerprint density at radius 2 is 0.486 bits per heavy atom. The summed E-state index contributed by atoms with van der Waals surface area (Å²) in [6.45, 7) is 5.39. The van der Waals surface area contributed by atoms with E-state index in [2.05, 4.69) is 133 Å². The molecule has 0 aromatic heterocycles. The Balaban J connectivity index is 0.822. The molecule has 0 aliphatic carbocycles. The normalized spacial score (nSPS) is 18.6. The monoisotopic (exact) mass is 922 g/mol. The van der Waals surface area contributed by atoms with Crippen molar-refractivity contribution in [3.05, 3.63) is 182 Å². The molecule has 0 saturated carbocycles. The van der Waals surface area contributed by atoms with Crippen molar-refractivity contribution in [1.82, 2.24) is 0 Å². The predicted octanol–water partition coefficient (Wildman–Crippen LogP) is 13.1. The highest BCUT2D eigenvalue weighted by molar-refractivity contribution is 6.09. The maximum absolute atomic E-state index is 5.97. The van der Waals surface area contributed by atoms with Crippen LogP contribution in [-0.4, -0.2) is 77.3 Å². The Hall–Kier alpha value is -7.46. The fourth-order valence-corrected chi connectivity index (χ4v) is 9.07. The first kappa shape index (κ1) is 42.6. The average molecular weight is 923 g/mol. The lowest BCUT2D eigenvalue weighted by Crippen LogP contribution is -2.03. The van der Waals surface area contributed by atoms with Crippen LogP contribution in [0.25, 0.3) is 88.3 Å². The standard InChI is InChI=1S/C62H50O8/c1-2-46-24-44(52-29-49(41-7-17-55(18-8-41)65-33-59-37-69-59)26-50(30-52)42-9-19-56(20-10-42)66-34-60-38-70-60)12-22-62(46)61-21-11-43(23-45(1)61)51-27-47(39-3-13-53(14-4-39)63-31-57-35-67-57)25-48(28-51)40-5-15-54(16-6-40)64-32-58-36-68-58/h1-30,57-60H,31-38H2. The molecule has 4 heterocycles. The number of hydrogen-bond acceptors (Lipinski definition) is 8. The molecule has 8 nitrogen and oxygen atoms in total. The van der Waals surface area contributed by atoms with Gasteiger partial charge in [0.1, 0.15) is 73.8 Å². The first-order valence-corrected chi connectivity index (χ1v) is 24.2. The number of rotatable bonds is 18. The molecule has 4 saturated heterocycles. The molecule has 70 heavy (non-hydrogen) atoms. The van der Waals surface area contributed by atoms with E-state index in [0.717, 1.165) is 116 Å². The van der Waals surface area contributed by atoms with E-state index in [1.54, 1.807) is 0 Å². The molecular formula is C62H50O8.